The smallest absolute Gasteiger partial charge is 0.333 e. The van der Waals surface area contributed by atoms with Gasteiger partial charge >= 0.3 is 5.97 Å². The quantitative estimate of drug-likeness (QED) is 0.0420. The van der Waals surface area contributed by atoms with Crippen LogP contribution in [0.25, 0.3) is 0 Å². The number of carbonyl (C=O) groups excluding carboxylic acids is 11. The summed E-state index contributed by atoms with van der Waals surface area (Å²) in [4.78, 5) is 161. The van der Waals surface area contributed by atoms with Crippen LogP contribution in [0.4, 0.5) is 5.69 Å². The van der Waals surface area contributed by atoms with Gasteiger partial charge in [-0.15, -0.1) is 5.06 Å². The maximum atomic E-state index is 14.6. The van der Waals surface area contributed by atoms with Gasteiger partial charge in [-0.3, -0.25) is 57.7 Å². The second kappa shape index (κ2) is 35.7. The number of ether oxygens (including phenoxy) is 2. The lowest BCUT2D eigenvalue weighted by Crippen LogP contribution is -2.59. The molecule has 0 bridgehead atoms. The number of hydrogen-bond donors (Lipinski definition) is 6. The lowest BCUT2D eigenvalue weighted by atomic mass is 9.89. The Kier molecular flexibility index (Phi) is 29.8. The Balaban J connectivity index is 1.35. The number of benzene rings is 2. The number of anilines is 1. The first-order valence-electron chi connectivity index (χ1n) is 31.0. The first kappa shape index (κ1) is 74.1. The Labute approximate surface area is 524 Å². The SMILES string of the molecule is CC[C@H](C)[C@@H]([C@@H](CC(=O)N1CCC[C@H]1[C@H](OC)[C@@H](C)C(=O)N[C@@H](Cc1ccccc1)C(=O)NOCc1ccc(NC(=O)[C@@H](C)NC(=O)[C@H](NC(=O)CCCC(=O)ON2C(=O)CCC2=O)C(C)C)cc1)OC)N(C)C(=O)[C@@H](NC(=O)[C@H](C(C)C)N(C)C)C(C)C. The highest BCUT2D eigenvalue weighted by Crippen LogP contribution is 2.30. The first-order valence-corrected chi connectivity index (χ1v) is 31.0. The van der Waals surface area contributed by atoms with Gasteiger partial charge in [-0.2, -0.15) is 0 Å². The Bertz CT molecular complexity index is 2700. The minimum Gasteiger partial charge on any atom is -0.379 e. The van der Waals surface area contributed by atoms with Crippen LogP contribution < -0.4 is 32.1 Å². The molecule has 0 spiro atoms. The van der Waals surface area contributed by atoms with Crippen molar-refractivity contribution >= 4 is 70.7 Å². The summed E-state index contributed by atoms with van der Waals surface area (Å²) < 4.78 is 12.1. The molecule has 10 amide bonds. The topological polar surface area (TPSA) is 310 Å². The number of nitrogens with zero attached hydrogens (tertiary/aromatic N) is 4. The van der Waals surface area contributed by atoms with E-state index in [9.17, 15) is 52.7 Å². The fraction of sp³-hybridized carbons (Fsp3) is 0.641. The highest BCUT2D eigenvalue weighted by atomic mass is 16.7. The number of nitrogens with one attached hydrogen (secondary N) is 6. The number of hydroxylamine groups is 3. The zero-order valence-electron chi connectivity index (χ0n) is 54.7. The van der Waals surface area contributed by atoms with Gasteiger partial charge in [-0.1, -0.05) is 111 Å². The molecule has 494 valence electrons. The third kappa shape index (κ3) is 21.7. The normalized spacial score (nSPS) is 17.6. The molecule has 2 fully saturated rings. The molecule has 2 aromatic carbocycles. The zero-order valence-corrected chi connectivity index (χ0v) is 54.7. The van der Waals surface area contributed by atoms with Crippen LogP contribution in [-0.4, -0.2) is 181 Å². The van der Waals surface area contributed by atoms with Gasteiger partial charge in [0, 0.05) is 65.6 Å². The van der Waals surface area contributed by atoms with Crippen LogP contribution in [0.1, 0.15) is 138 Å². The van der Waals surface area contributed by atoms with E-state index in [1.54, 1.807) is 61.9 Å². The van der Waals surface area contributed by atoms with Crippen molar-refractivity contribution in [2.24, 2.45) is 29.6 Å². The van der Waals surface area contributed by atoms with Crippen molar-refractivity contribution in [3.05, 3.63) is 65.7 Å². The molecule has 25 nitrogen and oxygen atoms in total. The van der Waals surface area contributed by atoms with E-state index in [0.717, 1.165) is 5.56 Å². The lowest BCUT2D eigenvalue weighted by Gasteiger charge is -2.41. The minimum atomic E-state index is -1.10. The van der Waals surface area contributed by atoms with Crippen molar-refractivity contribution < 1.29 is 71.9 Å². The van der Waals surface area contributed by atoms with E-state index in [1.807, 2.05) is 90.9 Å². The van der Waals surface area contributed by atoms with Crippen LogP contribution in [0.3, 0.4) is 0 Å². The lowest BCUT2D eigenvalue weighted by molar-refractivity contribution is -0.197. The Morgan fingerprint density at radius 2 is 1.30 bits per heavy atom. The molecule has 11 atom stereocenters. The van der Waals surface area contributed by atoms with Crippen molar-refractivity contribution in [1.82, 2.24) is 46.5 Å². The van der Waals surface area contributed by atoms with Crippen molar-refractivity contribution in [1.29, 1.82) is 0 Å². The maximum absolute atomic E-state index is 14.6. The average molecular weight is 1250 g/mol. The van der Waals surface area contributed by atoms with E-state index in [2.05, 4.69) is 32.1 Å². The monoisotopic (exact) mass is 1250 g/mol. The summed E-state index contributed by atoms with van der Waals surface area (Å²) in [6, 6.07) is 10.2. The summed E-state index contributed by atoms with van der Waals surface area (Å²) in [6.45, 7) is 18.6. The summed E-state index contributed by atoms with van der Waals surface area (Å²) in [7, 11) is 8.37. The fourth-order valence-corrected chi connectivity index (χ4v) is 11.3. The highest BCUT2D eigenvalue weighted by molar-refractivity contribution is 6.02. The molecular weight excluding hydrogens is 1150 g/mol. The summed E-state index contributed by atoms with van der Waals surface area (Å²) in [5, 5.41) is 14.4. The zero-order chi connectivity index (χ0) is 66.4. The van der Waals surface area contributed by atoms with Gasteiger partial charge < -0.3 is 50.7 Å². The van der Waals surface area contributed by atoms with Crippen molar-refractivity contribution in [3.8, 4) is 0 Å². The van der Waals surface area contributed by atoms with Gasteiger partial charge in [0.2, 0.25) is 41.4 Å². The van der Waals surface area contributed by atoms with Crippen LogP contribution in [0.15, 0.2) is 54.6 Å². The molecule has 0 aliphatic carbocycles. The van der Waals surface area contributed by atoms with E-state index >= 15 is 0 Å². The van der Waals surface area contributed by atoms with Crippen molar-refractivity contribution in [3.63, 3.8) is 0 Å². The standard InChI is InChI=1S/C64H98N10O15/c1-16-40(8)57(72(13)64(85)55(38(4)5)69-63(84)56(39(6)7)71(11)12)48(86-14)35-52(78)73-33-21-24-47(73)58(87-15)41(9)59(80)67-46(34-43-22-18-17-19-23-43)61(82)70-88-36-44-27-29-45(30-28-44)66-60(81)42(10)65-62(83)54(37(2)3)68-49(75)25-20-26-53(79)89-74-50(76)31-32-51(74)77/h17-19,22-23,27-30,37-42,46-48,54-58H,16,20-21,24-26,31-36H2,1-15H3,(H,65,83)(H,66,81)(H,67,80)(H,68,75)(H,69,84)(H,70,82)/t40-,41+,42+,46-,47-,48+,54+,55-,56-,57-,58+/m0/s1. The van der Waals surface area contributed by atoms with E-state index in [1.165, 1.54) is 21.1 Å². The van der Waals surface area contributed by atoms with E-state index < -0.39 is 108 Å². The predicted octanol–water partition coefficient (Wildman–Crippen LogP) is 3.97. The first-order chi connectivity index (χ1) is 42.0. The maximum Gasteiger partial charge on any atom is 0.333 e. The number of likely N-dealkylation sites (N-methyl/N-ethyl adjacent to an activating group) is 2. The molecule has 0 unspecified atom stereocenters. The van der Waals surface area contributed by atoms with Gasteiger partial charge in [0.05, 0.1) is 49.3 Å². The largest absolute Gasteiger partial charge is 0.379 e. The van der Waals surface area contributed by atoms with Crippen molar-refractivity contribution in [2.45, 2.75) is 195 Å². The van der Waals surface area contributed by atoms with Gasteiger partial charge in [-0.25, -0.2) is 10.3 Å². The molecule has 0 radical (unpaired) electrons. The third-order valence-electron chi connectivity index (χ3n) is 16.5. The number of carbonyl (C=O) groups is 11. The molecule has 0 saturated carbocycles. The Morgan fingerprint density at radius 3 is 1.87 bits per heavy atom. The summed E-state index contributed by atoms with van der Waals surface area (Å²) in [5.74, 6) is -7.22. The van der Waals surface area contributed by atoms with Gasteiger partial charge in [-0.05, 0) is 87.2 Å². The van der Waals surface area contributed by atoms with E-state index in [-0.39, 0.29) is 92.9 Å². The third-order valence-corrected chi connectivity index (χ3v) is 16.5. The summed E-state index contributed by atoms with van der Waals surface area (Å²) in [6.07, 6.45) is -0.0492. The number of rotatable bonds is 35. The van der Waals surface area contributed by atoms with Gasteiger partial charge in [0.1, 0.15) is 24.2 Å². The number of hydrogen-bond acceptors (Lipinski definition) is 16. The molecular formula is C64H98N10O15. The number of likely N-dealkylation sites (tertiary alicyclic amines) is 1. The molecule has 4 rings (SSSR count). The van der Waals surface area contributed by atoms with Crippen LogP contribution in [0.5, 0.6) is 0 Å². The minimum absolute atomic E-state index is 0.00374. The molecule has 6 N–H and O–H groups in total. The van der Waals surface area contributed by atoms with Crippen LogP contribution in [-0.2, 0) is 84.9 Å². The van der Waals surface area contributed by atoms with Crippen LogP contribution in [0, 0.1) is 29.6 Å². The molecule has 2 aliphatic heterocycles. The number of imide groups is 1. The second-order valence-electron chi connectivity index (χ2n) is 24.6. The molecule has 2 heterocycles. The van der Waals surface area contributed by atoms with Crippen LogP contribution >= 0.6 is 0 Å². The van der Waals surface area contributed by atoms with Gasteiger partial charge in [0.15, 0.2) is 0 Å². The number of amides is 10. The Morgan fingerprint density at radius 1 is 0.674 bits per heavy atom. The fourth-order valence-electron chi connectivity index (χ4n) is 11.3. The van der Waals surface area contributed by atoms with Crippen molar-refractivity contribution in [2.75, 3.05) is 47.2 Å². The second-order valence-corrected chi connectivity index (χ2v) is 24.6. The summed E-state index contributed by atoms with van der Waals surface area (Å²) in [5.41, 5.74) is 4.24. The summed E-state index contributed by atoms with van der Waals surface area (Å²) >= 11 is 0. The molecule has 25 heteroatoms. The van der Waals surface area contributed by atoms with Gasteiger partial charge in [0.25, 0.3) is 17.7 Å². The predicted molar refractivity (Wildman–Crippen MR) is 331 cm³/mol. The van der Waals surface area contributed by atoms with Crippen LogP contribution in [0.2, 0.25) is 0 Å². The molecule has 2 saturated heterocycles. The van der Waals surface area contributed by atoms with E-state index in [4.69, 9.17) is 19.1 Å². The molecule has 0 aromatic heterocycles. The highest BCUT2D eigenvalue weighted by Gasteiger charge is 2.44. The average Bonchev–Trinajstić information content (AvgIpc) is 3.15. The number of methoxy groups -OCH3 is 2. The Hall–Kier alpha value is -7.35. The molecule has 2 aromatic rings. The molecule has 2 aliphatic rings. The van der Waals surface area contributed by atoms with E-state index in [0.29, 0.717) is 42.1 Å². The molecule has 89 heavy (non-hydrogen) atoms.